The third kappa shape index (κ3) is 4.84. The highest BCUT2D eigenvalue weighted by atomic mass is 35.5. The number of aromatic nitrogens is 2. The van der Waals surface area contributed by atoms with E-state index in [2.05, 4.69) is 18.3 Å². The van der Waals surface area contributed by atoms with Crippen molar-refractivity contribution in [3.63, 3.8) is 0 Å². The summed E-state index contributed by atoms with van der Waals surface area (Å²) in [5.74, 6) is -0.786. The second kappa shape index (κ2) is 10.1. The summed E-state index contributed by atoms with van der Waals surface area (Å²) >= 11 is 0. The van der Waals surface area contributed by atoms with Crippen LogP contribution in [0.5, 0.6) is 0 Å². The number of benzene rings is 1. The zero-order valence-electron chi connectivity index (χ0n) is 17.0. The molecule has 1 aliphatic heterocycles. The predicted molar refractivity (Wildman–Crippen MR) is 125 cm³/mol. The van der Waals surface area contributed by atoms with Gasteiger partial charge in [-0.1, -0.05) is 36.4 Å². The first-order valence-corrected chi connectivity index (χ1v) is 9.82. The van der Waals surface area contributed by atoms with E-state index >= 15 is 0 Å². The van der Waals surface area contributed by atoms with Gasteiger partial charge in [-0.05, 0) is 30.5 Å². The average Bonchev–Trinajstić information content (AvgIpc) is 3.18. The Bertz CT molecular complexity index is 1000. The summed E-state index contributed by atoms with van der Waals surface area (Å²) in [6, 6.07) is 15.4. The fourth-order valence-corrected chi connectivity index (χ4v) is 4.26. The molecule has 1 atom stereocenters. The van der Waals surface area contributed by atoms with Crippen LogP contribution < -0.4 is 11.5 Å². The summed E-state index contributed by atoms with van der Waals surface area (Å²) in [5.41, 5.74) is 13.9. The normalized spacial score (nSPS) is 16.1. The molecule has 0 unspecified atom stereocenters. The number of hydrogen-bond acceptors (Lipinski definition) is 4. The zero-order chi connectivity index (χ0) is 20.4. The van der Waals surface area contributed by atoms with Crippen molar-refractivity contribution < 1.29 is 9.59 Å². The van der Waals surface area contributed by atoms with Crippen LogP contribution in [0.3, 0.4) is 0 Å². The molecule has 7 nitrogen and oxygen atoms in total. The number of hydrogen-bond donors (Lipinski definition) is 2. The van der Waals surface area contributed by atoms with E-state index < -0.39 is 11.9 Å². The minimum atomic E-state index is -0.882. The fourth-order valence-electron chi connectivity index (χ4n) is 4.26. The third-order valence-corrected chi connectivity index (χ3v) is 5.85. The average molecular weight is 464 g/mol. The summed E-state index contributed by atoms with van der Waals surface area (Å²) in [6.07, 6.45) is 5.40. The lowest BCUT2D eigenvalue weighted by atomic mass is 9.70. The van der Waals surface area contributed by atoms with Gasteiger partial charge >= 0.3 is 0 Å². The molecule has 2 aromatic heterocycles. The maximum atomic E-state index is 12.6. The van der Waals surface area contributed by atoms with E-state index in [9.17, 15) is 9.59 Å². The molecule has 1 aromatic carbocycles. The number of imidazole rings is 1. The van der Waals surface area contributed by atoms with E-state index in [1.165, 1.54) is 5.56 Å². The van der Waals surface area contributed by atoms with E-state index in [1.54, 1.807) is 4.90 Å². The van der Waals surface area contributed by atoms with Gasteiger partial charge in [-0.2, -0.15) is 0 Å². The second-order valence-electron chi connectivity index (χ2n) is 7.64. The number of nitrogens with zero attached hydrogens (tertiary/aromatic N) is 3. The Labute approximate surface area is 193 Å². The Hall–Kier alpha value is -2.61. The van der Waals surface area contributed by atoms with Crippen LogP contribution >= 0.6 is 24.8 Å². The SMILES string of the molecule is Cl.Cl.NC(=O)C[C@@H](N)C(=O)N1CCC(c2ccccc2)(c2cn3ccccc3n2)CC1. The number of rotatable bonds is 5. The van der Waals surface area contributed by atoms with Gasteiger partial charge in [0.05, 0.1) is 18.2 Å². The summed E-state index contributed by atoms with van der Waals surface area (Å²) in [5, 5.41) is 0. The van der Waals surface area contributed by atoms with Crippen LogP contribution in [0.4, 0.5) is 0 Å². The van der Waals surface area contributed by atoms with E-state index in [-0.39, 0.29) is 42.6 Å². The van der Waals surface area contributed by atoms with Crippen molar-refractivity contribution in [1.82, 2.24) is 14.3 Å². The first-order chi connectivity index (χ1) is 14.0. The highest BCUT2D eigenvalue weighted by Gasteiger charge is 2.41. The monoisotopic (exact) mass is 463 g/mol. The van der Waals surface area contributed by atoms with Gasteiger partial charge in [-0.3, -0.25) is 9.59 Å². The largest absolute Gasteiger partial charge is 0.370 e. The first-order valence-electron chi connectivity index (χ1n) is 9.82. The molecule has 0 aliphatic carbocycles. The number of nitrogens with two attached hydrogens (primary N) is 2. The Morgan fingerprint density at radius 2 is 1.68 bits per heavy atom. The highest BCUT2D eigenvalue weighted by Crippen LogP contribution is 2.41. The molecule has 1 fully saturated rings. The van der Waals surface area contributed by atoms with Gasteiger partial charge in [0.25, 0.3) is 0 Å². The minimum absolute atomic E-state index is 0. The van der Waals surface area contributed by atoms with E-state index in [0.29, 0.717) is 13.1 Å². The van der Waals surface area contributed by atoms with E-state index in [1.807, 2.05) is 47.0 Å². The molecule has 31 heavy (non-hydrogen) atoms. The molecule has 3 aromatic rings. The molecule has 166 valence electrons. The topological polar surface area (TPSA) is 107 Å². The summed E-state index contributed by atoms with van der Waals surface area (Å²) in [6.45, 7) is 1.10. The molecule has 0 bridgehead atoms. The van der Waals surface area contributed by atoms with Crippen molar-refractivity contribution in [1.29, 1.82) is 0 Å². The smallest absolute Gasteiger partial charge is 0.240 e. The van der Waals surface area contributed by atoms with Crippen LogP contribution in [-0.2, 0) is 15.0 Å². The van der Waals surface area contributed by atoms with Crippen molar-refractivity contribution in [2.45, 2.75) is 30.7 Å². The number of likely N-dealkylation sites (tertiary alicyclic amines) is 1. The summed E-state index contributed by atoms with van der Waals surface area (Å²) in [4.78, 5) is 30.4. The highest BCUT2D eigenvalue weighted by molar-refractivity contribution is 5.87. The van der Waals surface area contributed by atoms with Gasteiger partial charge in [0, 0.05) is 30.9 Å². The lowest BCUT2D eigenvalue weighted by Crippen LogP contribution is -2.51. The lowest BCUT2D eigenvalue weighted by molar-refractivity contribution is -0.136. The lowest BCUT2D eigenvalue weighted by Gasteiger charge is -2.42. The number of halogens is 2. The number of primary amides is 1. The molecule has 0 radical (unpaired) electrons. The molecule has 0 saturated carbocycles. The molecule has 0 spiro atoms. The molecule has 9 heteroatoms. The molecule has 3 heterocycles. The van der Waals surface area contributed by atoms with E-state index in [4.69, 9.17) is 16.5 Å². The number of fused-ring (bicyclic) bond motifs is 1. The first kappa shape index (κ1) is 24.7. The Balaban J connectivity index is 0.00000171. The summed E-state index contributed by atoms with van der Waals surface area (Å²) < 4.78 is 2.03. The molecule has 4 rings (SSSR count). The number of piperidine rings is 1. The summed E-state index contributed by atoms with van der Waals surface area (Å²) in [7, 11) is 0. The van der Waals surface area contributed by atoms with Crippen LogP contribution in [-0.4, -0.2) is 45.2 Å². The van der Waals surface area contributed by atoms with Gasteiger partial charge in [0.1, 0.15) is 5.65 Å². The Kier molecular flexibility index (Phi) is 8.06. The van der Waals surface area contributed by atoms with Gasteiger partial charge in [0.15, 0.2) is 0 Å². The third-order valence-electron chi connectivity index (χ3n) is 5.85. The van der Waals surface area contributed by atoms with Crippen molar-refractivity contribution in [2.75, 3.05) is 13.1 Å². The second-order valence-corrected chi connectivity index (χ2v) is 7.64. The van der Waals surface area contributed by atoms with Gasteiger partial charge in [-0.15, -0.1) is 24.8 Å². The molecular weight excluding hydrogens is 437 g/mol. The molecular formula is C22H27Cl2N5O2. The van der Waals surface area contributed by atoms with Gasteiger partial charge in [-0.25, -0.2) is 4.98 Å². The van der Waals surface area contributed by atoms with Crippen LogP contribution in [0.15, 0.2) is 60.9 Å². The standard InChI is InChI=1S/C22H25N5O2.2ClH/c23-17(14-19(24)28)21(29)26-12-9-22(10-13-26,16-6-2-1-3-7-16)18-15-27-11-5-4-8-20(27)25-18;;/h1-8,11,15,17H,9-10,12-14,23H2,(H2,24,28);2*1H/t17-;;/m1../s1. The number of carbonyl (C=O) groups is 2. The maximum Gasteiger partial charge on any atom is 0.240 e. The van der Waals surface area contributed by atoms with Crippen LogP contribution in [0.25, 0.3) is 5.65 Å². The minimum Gasteiger partial charge on any atom is -0.370 e. The van der Waals surface area contributed by atoms with Crippen molar-refractivity contribution in [2.24, 2.45) is 11.5 Å². The number of amides is 2. The predicted octanol–water partition coefficient (Wildman–Crippen LogP) is 2.29. The van der Waals surface area contributed by atoms with E-state index in [0.717, 1.165) is 24.2 Å². The van der Waals surface area contributed by atoms with Crippen LogP contribution in [0, 0.1) is 0 Å². The maximum absolute atomic E-state index is 12.6. The van der Waals surface area contributed by atoms with Crippen molar-refractivity contribution in [3.8, 4) is 0 Å². The Morgan fingerprint density at radius 1 is 1.03 bits per heavy atom. The van der Waals surface area contributed by atoms with Gasteiger partial charge < -0.3 is 20.8 Å². The zero-order valence-corrected chi connectivity index (χ0v) is 18.6. The molecule has 4 N–H and O–H groups in total. The molecule has 1 aliphatic rings. The fraction of sp³-hybridized carbons (Fsp3) is 0.318. The van der Waals surface area contributed by atoms with Crippen molar-refractivity contribution >= 4 is 42.3 Å². The number of pyridine rings is 1. The Morgan fingerprint density at radius 3 is 2.29 bits per heavy atom. The van der Waals surface area contributed by atoms with Gasteiger partial charge in [0.2, 0.25) is 11.8 Å². The van der Waals surface area contributed by atoms with Crippen LogP contribution in [0.2, 0.25) is 0 Å². The van der Waals surface area contributed by atoms with Crippen LogP contribution in [0.1, 0.15) is 30.5 Å². The molecule has 1 saturated heterocycles. The number of carbonyl (C=O) groups excluding carboxylic acids is 2. The quantitative estimate of drug-likeness (QED) is 0.604. The van der Waals surface area contributed by atoms with Crippen molar-refractivity contribution in [3.05, 3.63) is 72.2 Å². The molecule has 2 amide bonds.